The van der Waals surface area contributed by atoms with Crippen molar-refractivity contribution >= 4 is 93.4 Å². The zero-order valence-corrected chi connectivity index (χ0v) is 46.3. The molecule has 76 heavy (non-hydrogen) atoms. The Bertz CT molecular complexity index is 4470. The Morgan fingerprint density at radius 1 is 0.500 bits per heavy atom. The number of anilines is 2. The van der Waals surface area contributed by atoms with Gasteiger partial charge in [-0.15, -0.1) is 11.3 Å². The number of hydrogen-bond donors (Lipinski definition) is 0. The molecule has 1 aliphatic carbocycles. The van der Waals surface area contributed by atoms with Crippen LogP contribution in [0.25, 0.3) is 103 Å². The fourth-order valence-electron chi connectivity index (χ4n) is 13.6. The maximum Gasteiger partial charge on any atom is 0.333 e. The summed E-state index contributed by atoms with van der Waals surface area (Å²) in [5, 5.41) is 6.44. The fraction of sp³-hybridized carbons (Fsp3) is 0.211. The van der Waals surface area contributed by atoms with Crippen molar-refractivity contribution in [1.82, 2.24) is 4.57 Å². The zero-order valence-electron chi connectivity index (χ0n) is 45.5. The molecule has 0 bridgehead atoms. The van der Waals surface area contributed by atoms with Crippen molar-refractivity contribution < 1.29 is 4.42 Å². The summed E-state index contributed by atoms with van der Waals surface area (Å²) in [5.41, 5.74) is 24.8. The largest absolute Gasteiger partial charge is 0.455 e. The van der Waals surface area contributed by atoms with Gasteiger partial charge in [-0.2, -0.15) is 0 Å². The van der Waals surface area contributed by atoms with Crippen LogP contribution in [0.15, 0.2) is 174 Å². The minimum Gasteiger partial charge on any atom is -0.455 e. The molecular formula is C71H61BN2OS. The molecule has 2 aliphatic heterocycles. The van der Waals surface area contributed by atoms with Crippen molar-refractivity contribution in [2.45, 2.75) is 97.8 Å². The van der Waals surface area contributed by atoms with Gasteiger partial charge in [0.2, 0.25) is 0 Å². The highest BCUT2D eigenvalue weighted by molar-refractivity contribution is 7.27. The van der Waals surface area contributed by atoms with Gasteiger partial charge in [-0.1, -0.05) is 191 Å². The van der Waals surface area contributed by atoms with E-state index >= 15 is 0 Å². The summed E-state index contributed by atoms with van der Waals surface area (Å²) in [7, 11) is 0. The van der Waals surface area contributed by atoms with Gasteiger partial charge in [0.1, 0.15) is 11.3 Å². The van der Waals surface area contributed by atoms with Crippen molar-refractivity contribution in [3.8, 4) is 50.4 Å². The Morgan fingerprint density at radius 2 is 1.13 bits per heavy atom. The number of rotatable bonds is 3. The lowest BCUT2D eigenvalue weighted by molar-refractivity contribution is 0.584. The lowest BCUT2D eigenvalue weighted by Crippen LogP contribution is -2.60. The van der Waals surface area contributed by atoms with E-state index in [-0.39, 0.29) is 28.5 Å². The minimum absolute atomic E-state index is 0.00661. The molecule has 3 aromatic heterocycles. The van der Waals surface area contributed by atoms with E-state index in [0.29, 0.717) is 0 Å². The molecule has 12 aromatic rings. The first-order valence-electron chi connectivity index (χ1n) is 27.3. The number of furan rings is 1. The molecule has 370 valence electrons. The summed E-state index contributed by atoms with van der Waals surface area (Å²) >= 11 is 1.97. The molecule has 0 saturated heterocycles. The van der Waals surface area contributed by atoms with E-state index in [2.05, 4.69) is 255 Å². The van der Waals surface area contributed by atoms with E-state index in [1.807, 2.05) is 11.3 Å². The molecule has 0 unspecified atom stereocenters. The van der Waals surface area contributed by atoms with Gasteiger partial charge in [-0.3, -0.25) is 0 Å². The Hall–Kier alpha value is -7.60. The Labute approximate surface area is 450 Å². The van der Waals surface area contributed by atoms with Gasteiger partial charge in [-0.05, 0) is 132 Å². The maximum absolute atomic E-state index is 7.34. The number of aromatic nitrogens is 1. The number of fused-ring (bicyclic) bond motifs is 17. The van der Waals surface area contributed by atoms with Crippen LogP contribution >= 0.6 is 11.3 Å². The number of nitrogens with zero attached hydrogens (tertiary/aromatic N) is 2. The average Bonchev–Trinajstić information content (AvgIpc) is 4.31. The monoisotopic (exact) mass is 1000 g/mol. The molecule has 0 amide bonds. The summed E-state index contributed by atoms with van der Waals surface area (Å²) in [6, 6.07) is 65.1. The molecule has 3 nitrogen and oxygen atoms in total. The molecule has 15 rings (SSSR count). The summed E-state index contributed by atoms with van der Waals surface area (Å²) in [5.74, 6) is 0.891. The number of benzene rings is 9. The zero-order chi connectivity index (χ0) is 52.1. The molecule has 0 atom stereocenters. The molecule has 5 heteroatoms. The quantitative estimate of drug-likeness (QED) is 0.165. The van der Waals surface area contributed by atoms with Crippen LogP contribution in [0.2, 0.25) is 0 Å². The predicted octanol–water partition coefficient (Wildman–Crippen LogP) is 18.7. The first-order valence-corrected chi connectivity index (χ1v) is 28.1. The fourth-order valence-corrected chi connectivity index (χ4v) is 14.9. The molecule has 0 saturated carbocycles. The molecule has 0 spiro atoms. The van der Waals surface area contributed by atoms with Crippen molar-refractivity contribution in [2.24, 2.45) is 0 Å². The SMILES string of the molecule is CC(C)(C)c1ccc(N2B3c4cc5oc(-c6ccccc6)c(-c6ccccc6)c5cc4-n4c5ccc(C(C)(C)C)cc5c5c6sc7ccccc7c6c(c3c54)-c3cc4c(cc32)C(C)(C)c2cc(C(C)(C)C)ccc2-4)cc1. The second kappa shape index (κ2) is 15.3. The first kappa shape index (κ1) is 45.8. The predicted molar refractivity (Wildman–Crippen MR) is 327 cm³/mol. The van der Waals surface area contributed by atoms with E-state index < -0.39 is 0 Å². The molecule has 0 fully saturated rings. The van der Waals surface area contributed by atoms with Crippen molar-refractivity contribution in [2.75, 3.05) is 4.81 Å². The van der Waals surface area contributed by atoms with Gasteiger partial charge >= 0.3 is 6.85 Å². The molecule has 0 N–H and O–H groups in total. The molecule has 9 aromatic carbocycles. The molecule has 3 aliphatic rings. The van der Waals surface area contributed by atoms with Crippen LogP contribution in [-0.2, 0) is 21.7 Å². The number of thiophene rings is 1. The van der Waals surface area contributed by atoms with E-state index in [4.69, 9.17) is 4.42 Å². The molecular weight excluding hydrogens is 940 g/mol. The highest BCUT2D eigenvalue weighted by Gasteiger charge is 2.48. The van der Waals surface area contributed by atoms with Crippen molar-refractivity contribution in [1.29, 1.82) is 0 Å². The van der Waals surface area contributed by atoms with Crippen LogP contribution in [0.3, 0.4) is 0 Å². The Balaban J connectivity index is 1.15. The smallest absolute Gasteiger partial charge is 0.333 e. The summed E-state index contributed by atoms with van der Waals surface area (Å²) in [6.07, 6.45) is 0. The van der Waals surface area contributed by atoms with Gasteiger partial charge in [0, 0.05) is 75.5 Å². The van der Waals surface area contributed by atoms with Gasteiger partial charge in [-0.25, -0.2) is 0 Å². The van der Waals surface area contributed by atoms with E-state index in [1.54, 1.807) is 0 Å². The van der Waals surface area contributed by atoms with Crippen LogP contribution < -0.4 is 15.7 Å². The lowest BCUT2D eigenvalue weighted by atomic mass is 9.43. The third-order valence-electron chi connectivity index (χ3n) is 17.6. The van der Waals surface area contributed by atoms with Gasteiger partial charge in [0.05, 0.1) is 11.0 Å². The van der Waals surface area contributed by atoms with E-state index in [0.717, 1.165) is 33.4 Å². The standard InChI is InChI=1S/C71H61BN2OS/c1-68(2,3)42-26-30-45(31-27-42)74-56-38-53-48(46-32-28-44(70(7,8)9)35-52(46)71(53,10)11)36-50(56)61-62-47-24-18-19-25-59(47)76-67(62)63-49-34-43(69(4,5)6)29-33-55(49)73-57-37-51-58(39-54(57)72(74)64(61)65(63)73)75-66(41-22-16-13-17-23-41)60(51)40-20-14-12-15-21-40/h12-39H,1-11H3. The second-order valence-corrected chi connectivity index (χ2v) is 26.7. The third-order valence-corrected chi connectivity index (χ3v) is 18.8. The third kappa shape index (κ3) is 6.24. The van der Waals surface area contributed by atoms with Crippen molar-refractivity contribution in [3.05, 3.63) is 198 Å². The summed E-state index contributed by atoms with van der Waals surface area (Å²) in [4.78, 5) is 2.73. The normalized spacial score (nSPS) is 14.6. The second-order valence-electron chi connectivity index (χ2n) is 25.7. The average molecular weight is 1000 g/mol. The summed E-state index contributed by atoms with van der Waals surface area (Å²) < 4.78 is 12.7. The Kier molecular flexibility index (Phi) is 9.21. The van der Waals surface area contributed by atoms with Gasteiger partial charge < -0.3 is 13.8 Å². The topological polar surface area (TPSA) is 21.3 Å². The van der Waals surface area contributed by atoms with Crippen LogP contribution in [-0.4, -0.2) is 11.4 Å². The van der Waals surface area contributed by atoms with Gasteiger partial charge in [0.25, 0.3) is 0 Å². The summed E-state index contributed by atoms with van der Waals surface area (Å²) in [6.45, 7) is 25.7. The number of hydrogen-bond acceptors (Lipinski definition) is 3. The van der Waals surface area contributed by atoms with E-state index in [1.165, 1.54) is 120 Å². The van der Waals surface area contributed by atoms with Crippen LogP contribution in [0.4, 0.5) is 11.4 Å². The highest BCUT2D eigenvalue weighted by Crippen LogP contribution is 2.58. The molecule has 5 heterocycles. The first-order chi connectivity index (χ1) is 36.4. The van der Waals surface area contributed by atoms with Crippen LogP contribution in [0.5, 0.6) is 0 Å². The lowest BCUT2D eigenvalue weighted by Gasteiger charge is -2.43. The minimum atomic E-state index is -0.235. The maximum atomic E-state index is 7.34. The van der Waals surface area contributed by atoms with Crippen molar-refractivity contribution in [3.63, 3.8) is 0 Å². The highest BCUT2D eigenvalue weighted by atomic mass is 32.1. The Morgan fingerprint density at radius 3 is 1.84 bits per heavy atom. The van der Waals surface area contributed by atoms with Gasteiger partial charge in [0.15, 0.2) is 0 Å². The van der Waals surface area contributed by atoms with E-state index in [9.17, 15) is 0 Å². The molecule has 0 radical (unpaired) electrons. The van der Waals surface area contributed by atoms with Crippen LogP contribution in [0.1, 0.15) is 104 Å². The van der Waals surface area contributed by atoms with Crippen LogP contribution in [0, 0.1) is 0 Å².